The Kier molecular flexibility index (Phi) is 3.41. The number of carbonyl (C=O) groups is 1. The van der Waals surface area contributed by atoms with Crippen LogP contribution in [0.3, 0.4) is 0 Å². The number of aromatic amines is 1. The molecule has 4 rings (SSSR count). The van der Waals surface area contributed by atoms with Gasteiger partial charge in [-0.2, -0.15) is 0 Å². The van der Waals surface area contributed by atoms with E-state index in [1.54, 1.807) is 6.20 Å². The molecule has 2 aliphatic carbocycles. The van der Waals surface area contributed by atoms with E-state index in [2.05, 4.69) is 32.4 Å². The van der Waals surface area contributed by atoms with Crippen molar-refractivity contribution < 1.29 is 4.79 Å². The quantitative estimate of drug-likeness (QED) is 0.831. The molecule has 22 heavy (non-hydrogen) atoms. The molecule has 0 saturated heterocycles. The molecule has 2 aromatic rings. The maximum atomic E-state index is 12.0. The summed E-state index contributed by atoms with van der Waals surface area (Å²) < 4.78 is 0. The zero-order valence-corrected chi connectivity index (χ0v) is 12.5. The van der Waals surface area contributed by atoms with Gasteiger partial charge in [0.15, 0.2) is 5.65 Å². The van der Waals surface area contributed by atoms with Crippen LogP contribution in [0.2, 0.25) is 0 Å². The Hall–Kier alpha value is -2.17. The zero-order chi connectivity index (χ0) is 14.9. The molecule has 0 spiro atoms. The summed E-state index contributed by atoms with van der Waals surface area (Å²) in [6.45, 7) is 0.812. The lowest BCUT2D eigenvalue weighted by Crippen LogP contribution is -2.31. The number of fused-ring (bicyclic) bond motifs is 3. The summed E-state index contributed by atoms with van der Waals surface area (Å²) in [5.41, 5.74) is 1.64. The van der Waals surface area contributed by atoms with Crippen molar-refractivity contribution in [2.24, 2.45) is 17.8 Å². The Bertz CT molecular complexity index is 687. The minimum absolute atomic E-state index is 0.111. The molecule has 3 atom stereocenters. The monoisotopic (exact) mass is 296 g/mol. The second-order valence-electron chi connectivity index (χ2n) is 6.40. The second-order valence-corrected chi connectivity index (χ2v) is 6.40. The molecule has 1 amide bonds. The third-order valence-electron chi connectivity index (χ3n) is 4.87. The van der Waals surface area contributed by atoms with E-state index in [0.29, 0.717) is 30.3 Å². The normalized spacial score (nSPS) is 25.9. The van der Waals surface area contributed by atoms with Crippen molar-refractivity contribution in [1.82, 2.24) is 20.3 Å². The summed E-state index contributed by atoms with van der Waals surface area (Å²) in [5.74, 6) is 3.02. The van der Waals surface area contributed by atoms with Gasteiger partial charge in [-0.05, 0) is 42.7 Å². The molecule has 0 unspecified atom stereocenters. The smallest absolute Gasteiger partial charge is 0.220 e. The highest BCUT2D eigenvalue weighted by atomic mass is 16.1. The van der Waals surface area contributed by atoms with Gasteiger partial charge < -0.3 is 10.3 Å². The number of hydrogen-bond donors (Lipinski definition) is 2. The van der Waals surface area contributed by atoms with E-state index in [1.165, 1.54) is 12.8 Å². The Morgan fingerprint density at radius 2 is 2.32 bits per heavy atom. The van der Waals surface area contributed by atoms with Crippen molar-refractivity contribution >= 4 is 17.1 Å². The number of pyridine rings is 1. The van der Waals surface area contributed by atoms with Gasteiger partial charge in [0.05, 0.1) is 5.52 Å². The van der Waals surface area contributed by atoms with Crippen molar-refractivity contribution in [2.45, 2.75) is 25.7 Å². The summed E-state index contributed by atoms with van der Waals surface area (Å²) in [7, 11) is 0. The van der Waals surface area contributed by atoms with Crippen LogP contribution in [0.4, 0.5) is 0 Å². The average molecular weight is 296 g/mol. The molecule has 2 aromatic heterocycles. The molecule has 114 valence electrons. The zero-order valence-electron chi connectivity index (χ0n) is 12.5. The number of amides is 1. The Morgan fingerprint density at radius 3 is 3.09 bits per heavy atom. The van der Waals surface area contributed by atoms with Crippen LogP contribution >= 0.6 is 0 Å². The summed E-state index contributed by atoms with van der Waals surface area (Å²) in [4.78, 5) is 23.8. The molecule has 5 heteroatoms. The highest BCUT2D eigenvalue weighted by molar-refractivity contribution is 5.76. The maximum Gasteiger partial charge on any atom is 0.220 e. The van der Waals surface area contributed by atoms with Gasteiger partial charge in [0.25, 0.3) is 0 Å². The predicted octanol–water partition coefficient (Wildman–Crippen LogP) is 2.22. The summed E-state index contributed by atoms with van der Waals surface area (Å²) in [6, 6.07) is 3.82. The highest BCUT2D eigenvalue weighted by Crippen LogP contribution is 2.42. The number of imidazole rings is 1. The van der Waals surface area contributed by atoms with Gasteiger partial charge in [-0.1, -0.05) is 12.2 Å². The molecule has 1 saturated carbocycles. The van der Waals surface area contributed by atoms with Gasteiger partial charge in [0, 0.05) is 25.6 Å². The van der Waals surface area contributed by atoms with Crippen molar-refractivity contribution in [3.8, 4) is 0 Å². The van der Waals surface area contributed by atoms with E-state index >= 15 is 0 Å². The first-order valence-electron chi connectivity index (χ1n) is 8.02. The molecule has 2 bridgehead atoms. The van der Waals surface area contributed by atoms with Gasteiger partial charge >= 0.3 is 0 Å². The lowest BCUT2D eigenvalue weighted by Gasteiger charge is -2.18. The molecule has 0 aromatic carbocycles. The van der Waals surface area contributed by atoms with Gasteiger partial charge in [0.1, 0.15) is 5.82 Å². The minimum atomic E-state index is 0.111. The van der Waals surface area contributed by atoms with E-state index in [4.69, 9.17) is 0 Å². The fourth-order valence-corrected chi connectivity index (χ4v) is 3.71. The lowest BCUT2D eigenvalue weighted by atomic mass is 9.93. The number of nitrogens with zero attached hydrogens (tertiary/aromatic N) is 2. The van der Waals surface area contributed by atoms with Crippen LogP contribution in [0.15, 0.2) is 30.5 Å². The van der Waals surface area contributed by atoms with E-state index < -0.39 is 0 Å². The van der Waals surface area contributed by atoms with Gasteiger partial charge in [-0.15, -0.1) is 0 Å². The van der Waals surface area contributed by atoms with Gasteiger partial charge in [-0.3, -0.25) is 4.79 Å². The number of carbonyl (C=O) groups excluding carboxylic acids is 1. The van der Waals surface area contributed by atoms with Crippen molar-refractivity contribution in [3.63, 3.8) is 0 Å². The third-order valence-corrected chi connectivity index (χ3v) is 4.87. The van der Waals surface area contributed by atoms with Crippen LogP contribution in [0.25, 0.3) is 11.2 Å². The van der Waals surface area contributed by atoms with Crippen LogP contribution in [0.5, 0.6) is 0 Å². The molecular formula is C17H20N4O. The first-order chi connectivity index (χ1) is 10.8. The topological polar surface area (TPSA) is 70.7 Å². The van der Waals surface area contributed by atoms with E-state index in [0.717, 1.165) is 23.8 Å². The van der Waals surface area contributed by atoms with Crippen molar-refractivity contribution in [2.75, 3.05) is 6.54 Å². The van der Waals surface area contributed by atoms with Crippen molar-refractivity contribution in [1.29, 1.82) is 0 Å². The van der Waals surface area contributed by atoms with Crippen LogP contribution in [-0.2, 0) is 11.2 Å². The molecule has 2 aliphatic rings. The number of H-pyrrole nitrogens is 1. The number of aryl methyl sites for hydroxylation is 1. The number of aromatic nitrogens is 3. The van der Waals surface area contributed by atoms with Crippen LogP contribution in [0.1, 0.15) is 25.1 Å². The highest BCUT2D eigenvalue weighted by Gasteiger charge is 2.35. The van der Waals surface area contributed by atoms with E-state index in [1.807, 2.05) is 12.1 Å². The summed E-state index contributed by atoms with van der Waals surface area (Å²) in [6.07, 6.45) is 9.99. The average Bonchev–Trinajstić information content (AvgIpc) is 3.24. The van der Waals surface area contributed by atoms with Crippen molar-refractivity contribution in [3.05, 3.63) is 36.3 Å². The fourth-order valence-electron chi connectivity index (χ4n) is 3.71. The molecule has 5 nitrogen and oxygen atoms in total. The number of hydrogen-bond acceptors (Lipinski definition) is 3. The van der Waals surface area contributed by atoms with Crippen LogP contribution in [0, 0.1) is 17.8 Å². The Balaban J connectivity index is 1.26. The van der Waals surface area contributed by atoms with Gasteiger partial charge in [0.2, 0.25) is 5.91 Å². The van der Waals surface area contributed by atoms with E-state index in [-0.39, 0.29) is 5.91 Å². The molecule has 2 heterocycles. The third kappa shape index (κ3) is 2.63. The standard InChI is InChI=1S/C17H20N4O/c22-16(19-10-13-9-11-3-4-12(13)8-11)6-5-15-20-14-2-1-7-18-17(14)21-15/h1-4,7,11-13H,5-6,8-10H2,(H,19,22)(H,18,20,21)/t11-,12+,13+/m1/s1. The predicted molar refractivity (Wildman–Crippen MR) is 84.1 cm³/mol. The first-order valence-corrected chi connectivity index (χ1v) is 8.02. The second kappa shape index (κ2) is 5.55. The lowest BCUT2D eigenvalue weighted by molar-refractivity contribution is -0.121. The SMILES string of the molecule is O=C(CCc1nc2ncccc2[nH]1)NC[C@@H]1C[C@@H]2C=C[C@H]1C2. The number of rotatable bonds is 5. The maximum absolute atomic E-state index is 12.0. The Labute approximate surface area is 129 Å². The minimum Gasteiger partial charge on any atom is -0.356 e. The van der Waals surface area contributed by atoms with Gasteiger partial charge in [-0.25, -0.2) is 9.97 Å². The Morgan fingerprint density at radius 1 is 1.36 bits per heavy atom. The number of allylic oxidation sites excluding steroid dienone is 2. The summed E-state index contributed by atoms with van der Waals surface area (Å²) >= 11 is 0. The van der Waals surface area contributed by atoms with Crippen LogP contribution in [-0.4, -0.2) is 27.4 Å². The molecule has 1 fully saturated rings. The molecule has 0 aliphatic heterocycles. The largest absolute Gasteiger partial charge is 0.356 e. The molecule has 0 radical (unpaired) electrons. The molecule has 2 N–H and O–H groups in total. The summed E-state index contributed by atoms with van der Waals surface area (Å²) in [5, 5.41) is 3.08. The van der Waals surface area contributed by atoms with E-state index in [9.17, 15) is 4.79 Å². The number of nitrogens with one attached hydrogen (secondary N) is 2. The fraction of sp³-hybridized carbons (Fsp3) is 0.471. The first kappa shape index (κ1) is 13.5. The molecular weight excluding hydrogens is 276 g/mol. The van der Waals surface area contributed by atoms with Crippen LogP contribution < -0.4 is 5.32 Å².